The van der Waals surface area contributed by atoms with E-state index in [1.54, 1.807) is 7.05 Å². The molecule has 2 heterocycles. The van der Waals surface area contributed by atoms with Crippen molar-refractivity contribution in [2.24, 2.45) is 0 Å². The Balaban J connectivity index is 1.78. The molecule has 0 radical (unpaired) electrons. The van der Waals surface area contributed by atoms with Crippen LogP contribution in [0.15, 0.2) is 24.5 Å². The number of aromatic nitrogens is 1. The number of nitrogens with zero attached hydrogens (tertiary/aromatic N) is 3. The minimum absolute atomic E-state index is 0.195. The summed E-state index contributed by atoms with van der Waals surface area (Å²) in [6, 6.07) is 4.08. The zero-order valence-corrected chi connectivity index (χ0v) is 10.8. The van der Waals surface area contributed by atoms with E-state index in [9.17, 15) is 4.79 Å². The van der Waals surface area contributed by atoms with Crippen molar-refractivity contribution in [2.75, 3.05) is 39.8 Å². The van der Waals surface area contributed by atoms with Gasteiger partial charge in [-0.3, -0.25) is 14.7 Å². The zero-order chi connectivity index (χ0) is 12.8. The number of piperazine rings is 1. The number of carbonyl (C=O) groups is 1. The van der Waals surface area contributed by atoms with Gasteiger partial charge in [0, 0.05) is 45.1 Å². The second kappa shape index (κ2) is 6.47. The second-order valence-electron chi connectivity index (χ2n) is 4.54. The van der Waals surface area contributed by atoms with Crippen molar-refractivity contribution in [1.29, 1.82) is 0 Å². The summed E-state index contributed by atoms with van der Waals surface area (Å²) in [4.78, 5) is 20.0. The molecule has 0 saturated carbocycles. The van der Waals surface area contributed by atoms with Gasteiger partial charge in [-0.15, -0.1) is 0 Å². The highest BCUT2D eigenvalue weighted by atomic mass is 16.2. The fourth-order valence-electron chi connectivity index (χ4n) is 2.16. The van der Waals surface area contributed by atoms with Gasteiger partial charge in [0.25, 0.3) is 0 Å². The maximum atomic E-state index is 11.7. The number of hydrogen-bond acceptors (Lipinski definition) is 4. The Morgan fingerprint density at radius 3 is 2.56 bits per heavy atom. The molecular weight excluding hydrogens is 228 g/mol. The SMILES string of the molecule is CNCC(=O)N1CCN(Cc2ccncc2)CC1. The second-order valence-corrected chi connectivity index (χ2v) is 4.54. The number of nitrogens with one attached hydrogen (secondary N) is 1. The third-order valence-electron chi connectivity index (χ3n) is 3.21. The van der Waals surface area contributed by atoms with Crippen LogP contribution in [0.4, 0.5) is 0 Å². The summed E-state index contributed by atoms with van der Waals surface area (Å²) in [5, 5.41) is 2.90. The molecule has 5 heteroatoms. The highest BCUT2D eigenvalue weighted by Crippen LogP contribution is 2.07. The first-order chi connectivity index (χ1) is 8.79. The van der Waals surface area contributed by atoms with Gasteiger partial charge in [0.1, 0.15) is 0 Å². The Morgan fingerprint density at radius 1 is 1.28 bits per heavy atom. The van der Waals surface area contributed by atoms with Crippen LogP contribution in [0.5, 0.6) is 0 Å². The van der Waals surface area contributed by atoms with E-state index in [0.29, 0.717) is 6.54 Å². The Morgan fingerprint density at radius 2 is 1.94 bits per heavy atom. The van der Waals surface area contributed by atoms with Gasteiger partial charge in [-0.25, -0.2) is 0 Å². The maximum Gasteiger partial charge on any atom is 0.236 e. The van der Waals surface area contributed by atoms with Crippen LogP contribution >= 0.6 is 0 Å². The van der Waals surface area contributed by atoms with E-state index < -0.39 is 0 Å². The standard InChI is InChI=1S/C13H20N4O/c1-14-10-13(18)17-8-6-16(7-9-17)11-12-2-4-15-5-3-12/h2-5,14H,6-11H2,1H3. The van der Waals surface area contributed by atoms with Crippen LogP contribution in [-0.4, -0.2) is 60.5 Å². The lowest BCUT2D eigenvalue weighted by Crippen LogP contribution is -2.50. The molecular formula is C13H20N4O. The van der Waals surface area contributed by atoms with Gasteiger partial charge >= 0.3 is 0 Å². The van der Waals surface area contributed by atoms with Crippen LogP contribution in [0.1, 0.15) is 5.56 Å². The van der Waals surface area contributed by atoms with Crippen LogP contribution in [0.25, 0.3) is 0 Å². The molecule has 1 aromatic heterocycles. The lowest BCUT2D eigenvalue weighted by Gasteiger charge is -2.34. The van der Waals surface area contributed by atoms with E-state index in [1.165, 1.54) is 5.56 Å². The van der Waals surface area contributed by atoms with Crippen molar-refractivity contribution < 1.29 is 4.79 Å². The van der Waals surface area contributed by atoms with Gasteiger partial charge in [0.15, 0.2) is 0 Å². The van der Waals surface area contributed by atoms with Crippen LogP contribution < -0.4 is 5.32 Å². The lowest BCUT2D eigenvalue weighted by molar-refractivity contribution is -0.131. The minimum atomic E-state index is 0.195. The molecule has 98 valence electrons. The molecule has 1 aromatic rings. The van der Waals surface area contributed by atoms with Crippen molar-refractivity contribution in [3.8, 4) is 0 Å². The molecule has 0 aliphatic carbocycles. The summed E-state index contributed by atoms with van der Waals surface area (Å²) >= 11 is 0. The average Bonchev–Trinajstić information content (AvgIpc) is 2.41. The summed E-state index contributed by atoms with van der Waals surface area (Å²) in [7, 11) is 1.80. The van der Waals surface area contributed by atoms with Crippen molar-refractivity contribution in [3.05, 3.63) is 30.1 Å². The Kier molecular flexibility index (Phi) is 4.66. The van der Waals surface area contributed by atoms with Crippen molar-refractivity contribution in [3.63, 3.8) is 0 Å². The predicted octanol–water partition coefficient (Wildman–Crippen LogP) is -0.0548. The van der Waals surface area contributed by atoms with E-state index in [4.69, 9.17) is 0 Å². The molecule has 0 atom stereocenters. The van der Waals surface area contributed by atoms with Gasteiger partial charge in [0.05, 0.1) is 6.54 Å². The topological polar surface area (TPSA) is 48.5 Å². The van der Waals surface area contributed by atoms with Gasteiger partial charge < -0.3 is 10.2 Å². The third-order valence-corrected chi connectivity index (χ3v) is 3.21. The molecule has 1 amide bonds. The largest absolute Gasteiger partial charge is 0.339 e. The summed E-state index contributed by atoms with van der Waals surface area (Å²) in [6.45, 7) is 4.91. The summed E-state index contributed by atoms with van der Waals surface area (Å²) < 4.78 is 0. The molecule has 1 aliphatic rings. The van der Waals surface area contributed by atoms with E-state index in [2.05, 4.69) is 15.2 Å². The van der Waals surface area contributed by atoms with Crippen LogP contribution in [-0.2, 0) is 11.3 Å². The molecule has 1 saturated heterocycles. The fraction of sp³-hybridized carbons (Fsp3) is 0.538. The first-order valence-electron chi connectivity index (χ1n) is 6.33. The monoisotopic (exact) mass is 248 g/mol. The highest BCUT2D eigenvalue weighted by molar-refractivity contribution is 5.78. The summed E-state index contributed by atoms with van der Waals surface area (Å²) in [5.74, 6) is 0.195. The Labute approximate surface area is 108 Å². The zero-order valence-electron chi connectivity index (χ0n) is 10.8. The molecule has 2 rings (SSSR count). The molecule has 0 spiro atoms. The summed E-state index contributed by atoms with van der Waals surface area (Å²) in [5.41, 5.74) is 1.28. The van der Waals surface area contributed by atoms with E-state index in [0.717, 1.165) is 32.7 Å². The Hall–Kier alpha value is -1.46. The molecule has 0 aromatic carbocycles. The molecule has 18 heavy (non-hydrogen) atoms. The number of hydrogen-bond donors (Lipinski definition) is 1. The number of carbonyl (C=O) groups excluding carboxylic acids is 1. The molecule has 0 unspecified atom stereocenters. The first-order valence-corrected chi connectivity index (χ1v) is 6.33. The predicted molar refractivity (Wildman–Crippen MR) is 70.0 cm³/mol. The Bertz CT molecular complexity index is 374. The van der Waals surface area contributed by atoms with Crippen LogP contribution in [0.3, 0.4) is 0 Å². The molecule has 0 bridgehead atoms. The van der Waals surface area contributed by atoms with Gasteiger partial charge in [-0.05, 0) is 24.7 Å². The van der Waals surface area contributed by atoms with Crippen molar-refractivity contribution >= 4 is 5.91 Å². The molecule has 1 aliphatic heterocycles. The molecule has 1 N–H and O–H groups in total. The minimum Gasteiger partial charge on any atom is -0.339 e. The van der Waals surface area contributed by atoms with Crippen molar-refractivity contribution in [1.82, 2.24) is 20.1 Å². The number of amides is 1. The van der Waals surface area contributed by atoms with E-state index >= 15 is 0 Å². The number of pyridine rings is 1. The smallest absolute Gasteiger partial charge is 0.236 e. The normalized spacial score (nSPS) is 16.8. The highest BCUT2D eigenvalue weighted by Gasteiger charge is 2.20. The maximum absolute atomic E-state index is 11.7. The molecule has 1 fully saturated rings. The van der Waals surface area contributed by atoms with Crippen molar-refractivity contribution in [2.45, 2.75) is 6.54 Å². The molecule has 5 nitrogen and oxygen atoms in total. The fourth-order valence-corrected chi connectivity index (χ4v) is 2.16. The number of likely N-dealkylation sites (N-methyl/N-ethyl adjacent to an activating group) is 1. The van der Waals surface area contributed by atoms with E-state index in [1.807, 2.05) is 29.4 Å². The third kappa shape index (κ3) is 3.51. The first kappa shape index (κ1) is 13.0. The quantitative estimate of drug-likeness (QED) is 0.811. The van der Waals surface area contributed by atoms with Gasteiger partial charge in [0.2, 0.25) is 5.91 Å². The number of rotatable bonds is 4. The van der Waals surface area contributed by atoms with Gasteiger partial charge in [-0.1, -0.05) is 0 Å². The summed E-state index contributed by atoms with van der Waals surface area (Å²) in [6.07, 6.45) is 3.64. The van der Waals surface area contributed by atoms with Crippen LogP contribution in [0.2, 0.25) is 0 Å². The van der Waals surface area contributed by atoms with Crippen LogP contribution in [0, 0.1) is 0 Å². The van der Waals surface area contributed by atoms with Gasteiger partial charge in [-0.2, -0.15) is 0 Å². The average molecular weight is 248 g/mol. The lowest BCUT2D eigenvalue weighted by atomic mass is 10.2. The van der Waals surface area contributed by atoms with E-state index in [-0.39, 0.29) is 5.91 Å².